The number of thiazole rings is 2. The highest BCUT2D eigenvalue weighted by Crippen LogP contribution is 2.52. The third-order valence-electron chi connectivity index (χ3n) is 11.3. The number of ketones is 4. The molecular formula is C51H28N2O9S2. The number of esters is 2. The standard InChI is InChI=1S/C51H28N2O9S2/c54-41-33-19-29-15-7-8-16-30(29)20-34(33)42(55)37(41)23-39-52-47-45(63-39)46-48(53-40(64-46)24-38-43(56)35-21-31-17-9-10-18-32(31)22-36(35)44(38)57)62-51(47,49(58)60-25-27-11-3-1-4-12-27)50(59)61-26-28-13-5-2-6-14-28/h1-24H,25-26H2. The summed E-state index contributed by atoms with van der Waals surface area (Å²) in [6.45, 7) is -0.492. The zero-order chi connectivity index (χ0) is 43.7. The van der Waals surface area contributed by atoms with Gasteiger partial charge in [-0.1, -0.05) is 109 Å². The second kappa shape index (κ2) is 15.1. The van der Waals surface area contributed by atoms with Crippen molar-refractivity contribution in [1.29, 1.82) is 0 Å². The van der Waals surface area contributed by atoms with Crippen LogP contribution in [0.3, 0.4) is 0 Å². The van der Waals surface area contributed by atoms with Crippen molar-refractivity contribution in [3.8, 4) is 15.6 Å². The third-order valence-corrected chi connectivity index (χ3v) is 13.5. The first-order valence-electron chi connectivity index (χ1n) is 20.0. The van der Waals surface area contributed by atoms with Crippen LogP contribution in [0, 0.1) is 0 Å². The molecule has 2 aromatic heterocycles. The maximum absolute atomic E-state index is 14.7. The molecule has 6 aromatic carbocycles. The van der Waals surface area contributed by atoms with E-state index >= 15 is 0 Å². The number of allylic oxidation sites excluding steroid dienone is 2. The molecule has 0 unspecified atom stereocenters. The lowest BCUT2D eigenvalue weighted by molar-refractivity contribution is -0.184. The summed E-state index contributed by atoms with van der Waals surface area (Å²) in [5.41, 5.74) is -0.900. The Morgan fingerprint density at radius 1 is 0.516 bits per heavy atom. The summed E-state index contributed by atoms with van der Waals surface area (Å²) in [5, 5.41) is 3.45. The molecule has 3 aliphatic rings. The van der Waals surface area contributed by atoms with Gasteiger partial charge in [-0.15, -0.1) is 22.7 Å². The highest BCUT2D eigenvalue weighted by Gasteiger charge is 2.61. The first-order chi connectivity index (χ1) is 31.2. The number of hydrogen-bond acceptors (Lipinski definition) is 13. The van der Waals surface area contributed by atoms with Crippen LogP contribution in [0.15, 0.2) is 145 Å². The topological polar surface area (TPSA) is 156 Å². The van der Waals surface area contributed by atoms with E-state index in [2.05, 4.69) is 4.98 Å². The minimum absolute atomic E-state index is 0.101. The molecule has 11 rings (SSSR count). The van der Waals surface area contributed by atoms with Gasteiger partial charge in [-0.2, -0.15) is 0 Å². The number of carbonyl (C=O) groups excluding carboxylic acids is 6. The fourth-order valence-electron chi connectivity index (χ4n) is 8.12. The van der Waals surface area contributed by atoms with Crippen molar-refractivity contribution in [2.75, 3.05) is 0 Å². The Morgan fingerprint density at radius 3 is 1.31 bits per heavy atom. The summed E-state index contributed by atoms with van der Waals surface area (Å²) < 4.78 is 18.1. The predicted octanol–water partition coefficient (Wildman–Crippen LogP) is 9.57. The SMILES string of the molecule is O=C1C(=Cc2nc3c(s2)-c2sc(C=C4C(=O)c5cc6ccccc6cc5C4=O)nc2C(C(=O)OCc2ccccc2)(C(=O)OCc2ccccc2)O3)C(=O)c2cc3ccccc3cc21. The van der Waals surface area contributed by atoms with E-state index < -0.39 is 40.7 Å². The Kier molecular flexibility index (Phi) is 9.19. The quantitative estimate of drug-likeness (QED) is 0.0620. The largest absolute Gasteiger partial charge is 0.457 e. The van der Waals surface area contributed by atoms with Gasteiger partial charge in [0.1, 0.15) is 33.8 Å². The highest BCUT2D eigenvalue weighted by molar-refractivity contribution is 7.23. The molecule has 308 valence electrons. The summed E-state index contributed by atoms with van der Waals surface area (Å²) in [6.07, 6.45) is 2.71. The van der Waals surface area contributed by atoms with Gasteiger partial charge in [0, 0.05) is 22.3 Å². The number of aromatic nitrogens is 2. The first-order valence-corrected chi connectivity index (χ1v) is 21.6. The predicted molar refractivity (Wildman–Crippen MR) is 239 cm³/mol. The maximum Gasteiger partial charge on any atom is 0.369 e. The Labute approximate surface area is 370 Å². The fraction of sp³-hybridized carbons (Fsp3) is 0.0588. The molecule has 8 aromatic rings. The molecule has 1 aliphatic heterocycles. The van der Waals surface area contributed by atoms with Gasteiger partial charge < -0.3 is 14.2 Å². The van der Waals surface area contributed by atoms with Gasteiger partial charge in [0.15, 0.2) is 23.1 Å². The van der Waals surface area contributed by atoms with E-state index in [1.54, 1.807) is 84.9 Å². The highest BCUT2D eigenvalue weighted by atomic mass is 32.1. The summed E-state index contributed by atoms with van der Waals surface area (Å²) in [5.74, 6) is -4.46. The smallest absolute Gasteiger partial charge is 0.369 e. The molecule has 0 spiro atoms. The number of fused-ring (bicyclic) bond motifs is 7. The van der Waals surface area contributed by atoms with Crippen molar-refractivity contribution in [3.63, 3.8) is 0 Å². The zero-order valence-corrected chi connectivity index (χ0v) is 34.8. The lowest BCUT2D eigenvalue weighted by Crippen LogP contribution is -2.52. The molecule has 0 radical (unpaired) electrons. The average Bonchev–Trinajstić information content (AvgIpc) is 4.06. The number of nitrogens with zero attached hydrogens (tertiary/aromatic N) is 2. The van der Waals surface area contributed by atoms with Crippen molar-refractivity contribution in [1.82, 2.24) is 9.97 Å². The number of Topliss-reactive ketones (excluding diaryl/α,β-unsaturated/α-hetero) is 4. The number of hydrogen-bond donors (Lipinski definition) is 0. The molecule has 0 saturated carbocycles. The van der Waals surface area contributed by atoms with E-state index in [4.69, 9.17) is 19.2 Å². The van der Waals surface area contributed by atoms with Crippen molar-refractivity contribution in [3.05, 3.63) is 194 Å². The number of carbonyl (C=O) groups is 6. The van der Waals surface area contributed by atoms with Crippen LogP contribution in [-0.4, -0.2) is 45.0 Å². The van der Waals surface area contributed by atoms with E-state index in [0.29, 0.717) is 16.0 Å². The lowest BCUT2D eigenvalue weighted by atomic mass is 9.95. The van der Waals surface area contributed by atoms with E-state index in [1.807, 2.05) is 48.5 Å². The van der Waals surface area contributed by atoms with Crippen LogP contribution in [0.2, 0.25) is 0 Å². The minimum atomic E-state index is -2.70. The monoisotopic (exact) mass is 876 g/mol. The van der Waals surface area contributed by atoms with Gasteiger partial charge in [-0.3, -0.25) is 19.2 Å². The summed E-state index contributed by atoms with van der Waals surface area (Å²) in [7, 11) is 0. The van der Waals surface area contributed by atoms with Crippen molar-refractivity contribution in [2.24, 2.45) is 0 Å². The molecule has 64 heavy (non-hydrogen) atoms. The van der Waals surface area contributed by atoms with Gasteiger partial charge in [0.2, 0.25) is 5.88 Å². The number of ether oxygens (including phenoxy) is 3. The van der Waals surface area contributed by atoms with Crippen molar-refractivity contribution >= 4 is 91.4 Å². The molecule has 0 bridgehead atoms. The third kappa shape index (κ3) is 6.31. The molecule has 13 heteroatoms. The van der Waals surface area contributed by atoms with Crippen molar-refractivity contribution < 1.29 is 43.0 Å². The molecule has 0 atom stereocenters. The molecule has 0 saturated heterocycles. The normalized spacial score (nSPS) is 14.5. The molecule has 11 nitrogen and oxygen atoms in total. The Bertz CT molecular complexity index is 3270. The maximum atomic E-state index is 14.7. The first kappa shape index (κ1) is 38.9. The van der Waals surface area contributed by atoms with Gasteiger partial charge in [-0.05, 0) is 69.1 Å². The van der Waals surface area contributed by atoms with Crippen LogP contribution in [0.4, 0.5) is 0 Å². The zero-order valence-electron chi connectivity index (χ0n) is 33.2. The van der Waals surface area contributed by atoms with E-state index in [9.17, 15) is 28.8 Å². The second-order valence-corrected chi connectivity index (χ2v) is 17.3. The van der Waals surface area contributed by atoms with Crippen molar-refractivity contribution in [2.45, 2.75) is 18.8 Å². The Hall–Kier alpha value is -8.00. The van der Waals surface area contributed by atoms with Crippen LogP contribution in [0.1, 0.15) is 68.3 Å². The van der Waals surface area contributed by atoms with E-state index in [1.165, 1.54) is 12.2 Å². The van der Waals surface area contributed by atoms with Gasteiger partial charge in [-0.25, -0.2) is 19.6 Å². The molecule has 0 amide bonds. The van der Waals surface area contributed by atoms with Crippen LogP contribution < -0.4 is 4.74 Å². The molecule has 3 heterocycles. The second-order valence-electron chi connectivity index (χ2n) is 15.2. The fourth-order valence-corrected chi connectivity index (χ4v) is 10.2. The van der Waals surface area contributed by atoms with Gasteiger partial charge in [0.05, 0.1) is 16.0 Å². The Morgan fingerprint density at radius 2 is 0.891 bits per heavy atom. The summed E-state index contributed by atoms with van der Waals surface area (Å²) in [4.78, 5) is 94.7. The average molecular weight is 877 g/mol. The van der Waals surface area contributed by atoms with E-state index in [-0.39, 0.29) is 73.1 Å². The van der Waals surface area contributed by atoms with E-state index in [0.717, 1.165) is 44.2 Å². The number of rotatable bonds is 8. The lowest BCUT2D eigenvalue weighted by Gasteiger charge is -2.31. The number of benzene rings is 6. The van der Waals surface area contributed by atoms with Crippen LogP contribution >= 0.6 is 22.7 Å². The van der Waals surface area contributed by atoms with Crippen LogP contribution in [-0.2, 0) is 37.9 Å². The molecular weight excluding hydrogens is 849 g/mol. The molecule has 2 aliphatic carbocycles. The molecule has 0 N–H and O–H groups in total. The summed E-state index contributed by atoms with van der Waals surface area (Å²) >= 11 is 2.03. The van der Waals surface area contributed by atoms with Crippen LogP contribution in [0.25, 0.3) is 43.5 Å². The van der Waals surface area contributed by atoms with Gasteiger partial charge in [0.25, 0.3) is 0 Å². The minimum Gasteiger partial charge on any atom is -0.457 e. The molecule has 0 fully saturated rings. The van der Waals surface area contributed by atoms with Gasteiger partial charge >= 0.3 is 17.5 Å². The Balaban J connectivity index is 1.04. The van der Waals surface area contributed by atoms with Crippen LogP contribution in [0.5, 0.6) is 5.88 Å². The summed E-state index contributed by atoms with van der Waals surface area (Å²) in [6, 6.07) is 39.2.